The first-order chi connectivity index (χ1) is 9.50. The van der Waals surface area contributed by atoms with E-state index in [9.17, 15) is 4.79 Å². The number of nitrogens with two attached hydrogens (primary N) is 1. The molecule has 2 aromatic rings. The van der Waals surface area contributed by atoms with E-state index in [1.54, 1.807) is 4.90 Å². The minimum Gasteiger partial charge on any atom is -0.351 e. The van der Waals surface area contributed by atoms with Gasteiger partial charge in [0.2, 0.25) is 0 Å². The monoisotopic (exact) mass is 270 g/mol. The molecular weight excluding hydrogens is 252 g/mol. The topological polar surface area (TPSA) is 64.2 Å². The van der Waals surface area contributed by atoms with Crippen LogP contribution in [0.1, 0.15) is 34.1 Å². The van der Waals surface area contributed by atoms with Crippen LogP contribution >= 0.6 is 0 Å². The van der Waals surface area contributed by atoms with Gasteiger partial charge in [0.15, 0.2) is 0 Å². The van der Waals surface area contributed by atoms with Gasteiger partial charge in [0.1, 0.15) is 0 Å². The van der Waals surface area contributed by atoms with E-state index in [1.807, 2.05) is 43.8 Å². The number of benzene rings is 1. The molecule has 0 saturated heterocycles. The zero-order chi connectivity index (χ0) is 14.4. The lowest BCUT2D eigenvalue weighted by atomic mass is 9.96. The Balaban J connectivity index is 2.20. The lowest BCUT2D eigenvalue weighted by molar-refractivity contribution is 0.198. The molecule has 0 radical (unpaired) electrons. The Morgan fingerprint density at radius 3 is 2.65 bits per heavy atom. The zero-order valence-corrected chi connectivity index (χ0v) is 11.9. The molecule has 1 atom stereocenters. The van der Waals surface area contributed by atoms with Crippen molar-refractivity contribution in [1.29, 1.82) is 0 Å². The fourth-order valence-corrected chi connectivity index (χ4v) is 3.09. The van der Waals surface area contributed by atoms with Gasteiger partial charge in [-0.15, -0.1) is 0 Å². The highest BCUT2D eigenvalue weighted by Gasteiger charge is 2.36. The maximum atomic E-state index is 11.8. The number of aryl methyl sites for hydroxylation is 2. The van der Waals surface area contributed by atoms with Crippen molar-refractivity contribution in [3.63, 3.8) is 0 Å². The minimum atomic E-state index is -0.395. The molecule has 0 bridgehead atoms. The molecule has 0 fully saturated rings. The highest BCUT2D eigenvalue weighted by Crippen LogP contribution is 2.40. The van der Waals surface area contributed by atoms with Crippen LogP contribution in [0.15, 0.2) is 24.3 Å². The average molecular weight is 270 g/mol. The summed E-state index contributed by atoms with van der Waals surface area (Å²) in [5.74, 6) is 0. The largest absolute Gasteiger partial charge is 0.351 e. The molecule has 5 heteroatoms. The molecule has 104 valence electrons. The molecule has 1 aromatic carbocycles. The summed E-state index contributed by atoms with van der Waals surface area (Å²) in [6, 6.07) is 7.58. The van der Waals surface area contributed by atoms with Gasteiger partial charge in [-0.1, -0.05) is 24.3 Å². The molecule has 1 unspecified atom stereocenters. The van der Waals surface area contributed by atoms with Crippen LogP contribution in [0.5, 0.6) is 0 Å². The van der Waals surface area contributed by atoms with E-state index < -0.39 is 6.03 Å². The number of rotatable bonds is 1. The van der Waals surface area contributed by atoms with E-state index in [4.69, 9.17) is 5.73 Å². The van der Waals surface area contributed by atoms with Gasteiger partial charge in [-0.3, -0.25) is 4.68 Å². The molecule has 1 aromatic heterocycles. The van der Waals surface area contributed by atoms with E-state index in [2.05, 4.69) is 11.2 Å². The number of fused-ring (bicyclic) bond motifs is 1. The first kappa shape index (κ1) is 12.7. The Bertz CT molecular complexity index is 689. The molecule has 20 heavy (non-hydrogen) atoms. The minimum absolute atomic E-state index is 0.127. The van der Waals surface area contributed by atoms with Gasteiger partial charge in [-0.25, -0.2) is 4.79 Å². The standard InChI is InChI=1S/C15H18N4O/c1-9-13(10(2)18(3)17-9)14-12-7-5-4-6-11(12)8-19(14)15(16)20/h4-7,14H,8H2,1-3H3,(H2,16,20). The third kappa shape index (κ3) is 1.70. The van der Waals surface area contributed by atoms with E-state index in [1.165, 1.54) is 0 Å². The first-order valence-corrected chi connectivity index (χ1v) is 6.64. The van der Waals surface area contributed by atoms with Crippen LogP contribution in [0.25, 0.3) is 0 Å². The van der Waals surface area contributed by atoms with E-state index in [-0.39, 0.29) is 6.04 Å². The third-order valence-electron chi connectivity index (χ3n) is 4.12. The lowest BCUT2D eigenvalue weighted by Gasteiger charge is -2.24. The van der Waals surface area contributed by atoms with E-state index >= 15 is 0 Å². The number of aromatic nitrogens is 2. The number of hydrogen-bond donors (Lipinski definition) is 1. The molecule has 0 spiro atoms. The summed E-state index contributed by atoms with van der Waals surface area (Å²) in [6.45, 7) is 4.56. The molecule has 5 nitrogen and oxygen atoms in total. The number of carbonyl (C=O) groups is 1. The third-order valence-corrected chi connectivity index (χ3v) is 4.12. The Morgan fingerprint density at radius 1 is 1.35 bits per heavy atom. The van der Waals surface area contributed by atoms with Crippen molar-refractivity contribution >= 4 is 6.03 Å². The number of primary amides is 1. The van der Waals surface area contributed by atoms with Crippen LogP contribution in [0.2, 0.25) is 0 Å². The quantitative estimate of drug-likeness (QED) is 0.861. The van der Waals surface area contributed by atoms with Gasteiger partial charge in [0, 0.05) is 24.8 Å². The summed E-state index contributed by atoms with van der Waals surface area (Å²) in [5, 5.41) is 4.46. The van der Waals surface area contributed by atoms with Crippen molar-refractivity contribution < 1.29 is 4.79 Å². The van der Waals surface area contributed by atoms with Crippen LogP contribution in [0, 0.1) is 13.8 Å². The highest BCUT2D eigenvalue weighted by atomic mass is 16.2. The van der Waals surface area contributed by atoms with Crippen LogP contribution in [0.4, 0.5) is 4.79 Å². The summed E-state index contributed by atoms with van der Waals surface area (Å²) in [6.07, 6.45) is 0. The van der Waals surface area contributed by atoms with Gasteiger partial charge in [0.25, 0.3) is 0 Å². The fraction of sp³-hybridized carbons (Fsp3) is 0.333. The predicted octanol–water partition coefficient (Wildman–Crippen LogP) is 2.02. The van der Waals surface area contributed by atoms with Gasteiger partial charge in [-0.2, -0.15) is 5.10 Å². The molecule has 2 amide bonds. The maximum absolute atomic E-state index is 11.8. The van der Waals surface area contributed by atoms with Gasteiger partial charge in [0.05, 0.1) is 11.7 Å². The highest BCUT2D eigenvalue weighted by molar-refractivity contribution is 5.75. The normalized spacial score (nSPS) is 17.4. The first-order valence-electron chi connectivity index (χ1n) is 6.64. The fourth-order valence-electron chi connectivity index (χ4n) is 3.09. The van der Waals surface area contributed by atoms with Gasteiger partial charge < -0.3 is 10.6 Å². The molecule has 2 heterocycles. The summed E-state index contributed by atoms with van der Waals surface area (Å²) in [5.41, 5.74) is 11.0. The van der Waals surface area contributed by atoms with Crippen LogP contribution in [-0.4, -0.2) is 20.7 Å². The predicted molar refractivity (Wildman–Crippen MR) is 76.1 cm³/mol. The van der Waals surface area contributed by atoms with Crippen LogP contribution < -0.4 is 5.73 Å². The molecule has 2 N–H and O–H groups in total. The van der Waals surface area contributed by atoms with Crippen molar-refractivity contribution in [3.05, 3.63) is 52.3 Å². The smallest absolute Gasteiger partial charge is 0.315 e. The van der Waals surface area contributed by atoms with Crippen molar-refractivity contribution in [2.75, 3.05) is 0 Å². The lowest BCUT2D eigenvalue weighted by Crippen LogP contribution is -2.35. The number of amides is 2. The second-order valence-corrected chi connectivity index (χ2v) is 5.28. The molecule has 1 aliphatic rings. The summed E-state index contributed by atoms with van der Waals surface area (Å²) in [7, 11) is 1.92. The maximum Gasteiger partial charge on any atom is 0.315 e. The Kier molecular flexibility index (Phi) is 2.78. The molecule has 0 aliphatic carbocycles. The van der Waals surface area contributed by atoms with Crippen LogP contribution in [-0.2, 0) is 13.6 Å². The Hall–Kier alpha value is -2.30. The van der Waals surface area contributed by atoms with E-state index in [0.29, 0.717) is 6.54 Å². The summed E-state index contributed by atoms with van der Waals surface area (Å²) in [4.78, 5) is 13.5. The second kappa shape index (κ2) is 4.37. The summed E-state index contributed by atoms with van der Waals surface area (Å²) < 4.78 is 1.85. The molecule has 0 saturated carbocycles. The number of urea groups is 1. The Labute approximate surface area is 118 Å². The summed E-state index contributed by atoms with van der Waals surface area (Å²) >= 11 is 0. The second-order valence-electron chi connectivity index (χ2n) is 5.28. The molecule has 3 rings (SSSR count). The van der Waals surface area contributed by atoms with Crippen LogP contribution in [0.3, 0.4) is 0 Å². The van der Waals surface area contributed by atoms with Gasteiger partial charge >= 0.3 is 6.03 Å². The van der Waals surface area contributed by atoms with Crippen molar-refractivity contribution in [3.8, 4) is 0 Å². The van der Waals surface area contributed by atoms with Gasteiger partial charge in [-0.05, 0) is 25.0 Å². The average Bonchev–Trinajstić information content (AvgIpc) is 2.89. The zero-order valence-electron chi connectivity index (χ0n) is 11.9. The number of carbonyl (C=O) groups excluding carboxylic acids is 1. The number of hydrogen-bond acceptors (Lipinski definition) is 2. The Morgan fingerprint density at radius 2 is 2.05 bits per heavy atom. The number of nitrogens with zero attached hydrogens (tertiary/aromatic N) is 3. The van der Waals surface area contributed by atoms with Crippen molar-refractivity contribution in [1.82, 2.24) is 14.7 Å². The molecule has 1 aliphatic heterocycles. The van der Waals surface area contributed by atoms with Crippen molar-refractivity contribution in [2.24, 2.45) is 12.8 Å². The van der Waals surface area contributed by atoms with E-state index in [0.717, 1.165) is 28.1 Å². The SMILES string of the molecule is Cc1nn(C)c(C)c1C1c2ccccc2CN1C(N)=O. The molecular formula is C15H18N4O. The van der Waals surface area contributed by atoms with Crippen molar-refractivity contribution in [2.45, 2.75) is 26.4 Å².